The Morgan fingerprint density at radius 1 is 1.03 bits per heavy atom. The van der Waals surface area contributed by atoms with Gasteiger partial charge in [-0.15, -0.1) is 0 Å². The summed E-state index contributed by atoms with van der Waals surface area (Å²) in [4.78, 5) is 52.4. The number of ether oxygens (including phenoxy) is 3. The Labute approximate surface area is 224 Å². The maximum atomic E-state index is 14.3. The topological polar surface area (TPSA) is 96.0 Å². The predicted octanol–water partition coefficient (Wildman–Crippen LogP) is 5.24. The second-order valence-electron chi connectivity index (χ2n) is 11.8. The van der Waals surface area contributed by atoms with Crippen LogP contribution in [-0.4, -0.2) is 41.5 Å². The average molecular weight is 523 g/mol. The van der Waals surface area contributed by atoms with E-state index in [0.717, 1.165) is 6.42 Å². The van der Waals surface area contributed by atoms with E-state index in [1.807, 2.05) is 13.0 Å². The van der Waals surface area contributed by atoms with Gasteiger partial charge in [0.2, 0.25) is 5.78 Å². The fraction of sp³-hybridized carbons (Fsp3) is 0.548. The number of allylic oxidation sites excluding steroid dienone is 1. The van der Waals surface area contributed by atoms with Gasteiger partial charge in [-0.3, -0.25) is 14.4 Å². The van der Waals surface area contributed by atoms with Crippen molar-refractivity contribution in [3.63, 3.8) is 0 Å². The molecule has 0 heterocycles. The van der Waals surface area contributed by atoms with Gasteiger partial charge in [0.25, 0.3) is 0 Å². The quantitative estimate of drug-likeness (QED) is 0.303. The Morgan fingerprint density at radius 3 is 2.29 bits per heavy atom. The van der Waals surface area contributed by atoms with Crippen LogP contribution >= 0.6 is 0 Å². The summed E-state index contributed by atoms with van der Waals surface area (Å²) >= 11 is 0. The van der Waals surface area contributed by atoms with Gasteiger partial charge in [0.05, 0.1) is 11.5 Å². The fourth-order valence-electron chi connectivity index (χ4n) is 6.80. The summed E-state index contributed by atoms with van der Waals surface area (Å²) in [6, 6.07) is 8.56. The van der Waals surface area contributed by atoms with Gasteiger partial charge in [0.15, 0.2) is 5.60 Å². The largest absolute Gasteiger partial charge is 0.458 e. The highest BCUT2D eigenvalue weighted by molar-refractivity contribution is 6.03. The van der Waals surface area contributed by atoms with Gasteiger partial charge in [0.1, 0.15) is 12.2 Å². The van der Waals surface area contributed by atoms with E-state index in [0.29, 0.717) is 29.0 Å². The van der Waals surface area contributed by atoms with Crippen molar-refractivity contribution in [2.24, 2.45) is 29.1 Å². The molecule has 7 atom stereocenters. The summed E-state index contributed by atoms with van der Waals surface area (Å²) in [5.74, 6) is -2.89. The zero-order valence-corrected chi connectivity index (χ0v) is 23.1. The standard InChI is InChI=1S/C31H38O7/c1-17-13-14-23-24(30(23,6)7)15-18(2)28(34)31(38-21(5)33)16-19(3)27(25(31)26(17)36-20(4)32)37-29(35)22-11-9-8-10-12-22/h8-12,15,19,23-27H,1,13-14,16H2,2-7H3/b18-15-/t19-,23-,24-,25+,26-,27+,31+/m1/s1. The Kier molecular flexibility index (Phi) is 7.43. The molecule has 2 fully saturated rings. The number of ketones is 1. The summed E-state index contributed by atoms with van der Waals surface area (Å²) in [6.45, 7) is 14.8. The number of rotatable bonds is 4. The lowest BCUT2D eigenvalue weighted by atomic mass is 9.76. The van der Waals surface area contributed by atoms with Crippen molar-refractivity contribution < 1.29 is 33.4 Å². The lowest BCUT2D eigenvalue weighted by Crippen LogP contribution is -2.55. The highest BCUT2D eigenvalue weighted by Gasteiger charge is 2.65. The van der Waals surface area contributed by atoms with Crippen molar-refractivity contribution in [1.29, 1.82) is 0 Å². The number of carbonyl (C=O) groups is 4. The summed E-state index contributed by atoms with van der Waals surface area (Å²) in [5.41, 5.74) is -0.203. The first-order valence-electron chi connectivity index (χ1n) is 13.3. The first kappa shape index (κ1) is 27.8. The summed E-state index contributed by atoms with van der Waals surface area (Å²) in [5, 5.41) is 0. The number of hydrogen-bond donors (Lipinski definition) is 0. The number of benzene rings is 1. The monoisotopic (exact) mass is 522 g/mol. The van der Waals surface area contributed by atoms with Crippen LogP contribution in [0.5, 0.6) is 0 Å². The molecule has 0 N–H and O–H groups in total. The minimum Gasteiger partial charge on any atom is -0.458 e. The van der Waals surface area contributed by atoms with E-state index >= 15 is 0 Å². The molecule has 7 nitrogen and oxygen atoms in total. The summed E-state index contributed by atoms with van der Waals surface area (Å²) in [7, 11) is 0. The third-order valence-corrected chi connectivity index (χ3v) is 8.77. The van der Waals surface area contributed by atoms with Crippen LogP contribution in [0.4, 0.5) is 0 Å². The van der Waals surface area contributed by atoms with E-state index in [4.69, 9.17) is 14.2 Å². The van der Waals surface area contributed by atoms with Gasteiger partial charge in [-0.1, -0.05) is 51.6 Å². The van der Waals surface area contributed by atoms with Gasteiger partial charge in [-0.25, -0.2) is 4.79 Å². The number of Topliss-reactive ketones (excluding diaryl/α,β-unsaturated/α-hetero) is 1. The maximum absolute atomic E-state index is 14.3. The Hall–Kier alpha value is -3.22. The zero-order chi connectivity index (χ0) is 28.0. The second kappa shape index (κ2) is 10.2. The summed E-state index contributed by atoms with van der Waals surface area (Å²) in [6.07, 6.45) is 1.63. The van der Waals surface area contributed by atoms with E-state index in [9.17, 15) is 19.2 Å². The van der Waals surface area contributed by atoms with Crippen molar-refractivity contribution >= 4 is 23.7 Å². The van der Waals surface area contributed by atoms with Crippen LogP contribution in [0.3, 0.4) is 0 Å². The first-order chi connectivity index (χ1) is 17.8. The molecule has 3 aliphatic carbocycles. The minimum atomic E-state index is -1.69. The molecule has 1 aromatic carbocycles. The van der Waals surface area contributed by atoms with Crippen molar-refractivity contribution in [2.75, 3.05) is 0 Å². The summed E-state index contributed by atoms with van der Waals surface area (Å²) < 4.78 is 17.9. The third kappa shape index (κ3) is 4.95. The molecular formula is C31H38O7. The molecule has 38 heavy (non-hydrogen) atoms. The Balaban J connectivity index is 1.87. The maximum Gasteiger partial charge on any atom is 0.338 e. The Morgan fingerprint density at radius 2 is 1.68 bits per heavy atom. The molecule has 3 aliphatic rings. The van der Waals surface area contributed by atoms with E-state index in [1.54, 1.807) is 37.3 Å². The average Bonchev–Trinajstić information content (AvgIpc) is 3.24. The van der Waals surface area contributed by atoms with Crippen molar-refractivity contribution in [2.45, 2.75) is 78.6 Å². The Bertz CT molecular complexity index is 1180. The van der Waals surface area contributed by atoms with Crippen LogP contribution in [0.15, 0.2) is 54.1 Å². The number of fused-ring (bicyclic) bond motifs is 2. The number of esters is 3. The van der Waals surface area contributed by atoms with Crippen molar-refractivity contribution in [1.82, 2.24) is 0 Å². The number of carbonyl (C=O) groups excluding carboxylic acids is 4. The van der Waals surface area contributed by atoms with E-state index in [1.165, 1.54) is 13.8 Å². The molecule has 0 aromatic heterocycles. The molecule has 1 aromatic rings. The molecular weight excluding hydrogens is 484 g/mol. The lowest BCUT2D eigenvalue weighted by Gasteiger charge is -2.39. The van der Waals surface area contributed by atoms with Crippen LogP contribution in [0.25, 0.3) is 0 Å². The van der Waals surface area contributed by atoms with Gasteiger partial charge in [-0.05, 0) is 66.2 Å². The van der Waals surface area contributed by atoms with E-state index in [-0.39, 0.29) is 29.5 Å². The minimum absolute atomic E-state index is 0.0165. The van der Waals surface area contributed by atoms with Crippen LogP contribution in [0.1, 0.15) is 71.2 Å². The molecule has 2 saturated carbocycles. The SMILES string of the molecule is C=C1CC[C@@H]2[C@@H](/C=C(/C)C(=O)[C@]3(OC(C)=O)C[C@@H](C)[C@H](OC(=O)c4ccccc4)[C@@H]3[C@@H]1OC(C)=O)C2(C)C. The highest BCUT2D eigenvalue weighted by Crippen LogP contribution is 2.62. The van der Waals surface area contributed by atoms with Crippen molar-refractivity contribution in [3.05, 3.63) is 59.7 Å². The van der Waals surface area contributed by atoms with Gasteiger partial charge >= 0.3 is 17.9 Å². The van der Waals surface area contributed by atoms with E-state index in [2.05, 4.69) is 20.4 Å². The molecule has 0 bridgehead atoms. The van der Waals surface area contributed by atoms with Crippen LogP contribution in [0, 0.1) is 29.1 Å². The van der Waals surface area contributed by atoms with Crippen molar-refractivity contribution in [3.8, 4) is 0 Å². The van der Waals surface area contributed by atoms with E-state index < -0.39 is 41.6 Å². The molecule has 204 valence electrons. The van der Waals surface area contributed by atoms with Crippen LogP contribution < -0.4 is 0 Å². The first-order valence-corrected chi connectivity index (χ1v) is 13.3. The fourth-order valence-corrected chi connectivity index (χ4v) is 6.80. The second-order valence-corrected chi connectivity index (χ2v) is 11.8. The number of hydrogen-bond acceptors (Lipinski definition) is 7. The smallest absolute Gasteiger partial charge is 0.338 e. The molecule has 0 unspecified atom stereocenters. The molecule has 7 heteroatoms. The molecule has 0 aliphatic heterocycles. The highest BCUT2D eigenvalue weighted by atomic mass is 16.6. The molecule has 0 radical (unpaired) electrons. The van der Waals surface area contributed by atoms with Gasteiger partial charge < -0.3 is 14.2 Å². The molecule has 4 rings (SSSR count). The molecule has 0 spiro atoms. The third-order valence-electron chi connectivity index (χ3n) is 8.77. The van der Waals surface area contributed by atoms with Crippen LogP contribution in [0.2, 0.25) is 0 Å². The van der Waals surface area contributed by atoms with Gasteiger partial charge in [0, 0.05) is 20.3 Å². The van der Waals surface area contributed by atoms with Crippen LogP contribution in [-0.2, 0) is 28.6 Å². The normalized spacial score (nSPS) is 35.5. The van der Waals surface area contributed by atoms with Gasteiger partial charge in [-0.2, -0.15) is 0 Å². The molecule has 0 saturated heterocycles. The zero-order valence-electron chi connectivity index (χ0n) is 23.1. The predicted molar refractivity (Wildman–Crippen MR) is 141 cm³/mol. The lowest BCUT2D eigenvalue weighted by molar-refractivity contribution is -0.179. The molecule has 0 amide bonds.